The van der Waals surface area contributed by atoms with Gasteiger partial charge in [-0.05, 0) is 68.0 Å². The molecular formula is C20H19F2N3OS. The number of hydrogen-bond acceptors (Lipinski definition) is 4. The van der Waals surface area contributed by atoms with Gasteiger partial charge in [-0.25, -0.2) is 13.8 Å². The number of fused-ring (bicyclic) bond motifs is 2. The summed E-state index contributed by atoms with van der Waals surface area (Å²) in [5.74, 6) is -1.05. The second-order valence-corrected chi connectivity index (χ2v) is 8.01. The summed E-state index contributed by atoms with van der Waals surface area (Å²) < 4.78 is 28.5. The molecular weight excluding hydrogens is 368 g/mol. The fraction of sp³-hybridized carbons (Fsp3) is 0.300. The second kappa shape index (κ2) is 6.56. The molecule has 1 atom stereocenters. The molecule has 2 aromatic heterocycles. The van der Waals surface area contributed by atoms with Crippen LogP contribution in [0.5, 0.6) is 0 Å². The van der Waals surface area contributed by atoms with Crippen molar-refractivity contribution in [3.05, 3.63) is 57.1 Å². The van der Waals surface area contributed by atoms with Crippen LogP contribution < -0.4 is 11.1 Å². The molecule has 1 amide bonds. The Balaban J connectivity index is 1.58. The van der Waals surface area contributed by atoms with Crippen LogP contribution >= 0.6 is 11.3 Å². The molecule has 7 heteroatoms. The lowest BCUT2D eigenvalue weighted by Crippen LogP contribution is -2.39. The Morgan fingerprint density at radius 3 is 2.85 bits per heavy atom. The van der Waals surface area contributed by atoms with Gasteiger partial charge in [0.1, 0.15) is 21.3 Å². The third-order valence-electron chi connectivity index (χ3n) is 5.07. The number of nitrogens with one attached hydrogen (secondary N) is 1. The third kappa shape index (κ3) is 3.06. The van der Waals surface area contributed by atoms with Gasteiger partial charge in [0.15, 0.2) is 0 Å². The molecule has 0 aliphatic heterocycles. The Morgan fingerprint density at radius 1 is 1.30 bits per heavy atom. The van der Waals surface area contributed by atoms with Gasteiger partial charge >= 0.3 is 0 Å². The summed E-state index contributed by atoms with van der Waals surface area (Å²) in [7, 11) is 0. The van der Waals surface area contributed by atoms with Crippen LogP contribution in [-0.2, 0) is 12.8 Å². The van der Waals surface area contributed by atoms with E-state index in [2.05, 4.69) is 10.3 Å². The Morgan fingerprint density at radius 2 is 2.07 bits per heavy atom. The number of halogens is 2. The molecule has 4 nitrogen and oxygen atoms in total. The number of thiophene rings is 1. The van der Waals surface area contributed by atoms with E-state index in [4.69, 9.17) is 5.73 Å². The number of carbonyl (C=O) groups excluding carboxylic acids is 1. The van der Waals surface area contributed by atoms with E-state index in [9.17, 15) is 13.6 Å². The lowest BCUT2D eigenvalue weighted by atomic mass is 9.86. The van der Waals surface area contributed by atoms with E-state index in [1.165, 1.54) is 17.4 Å². The number of nitrogens with zero attached hydrogens (tertiary/aromatic N) is 1. The lowest BCUT2D eigenvalue weighted by molar-refractivity contribution is 0.0938. The highest BCUT2D eigenvalue weighted by Crippen LogP contribution is 2.33. The van der Waals surface area contributed by atoms with Crippen LogP contribution in [0.2, 0.25) is 0 Å². The maximum Gasteiger partial charge on any atom is 0.263 e. The zero-order chi connectivity index (χ0) is 19.3. The summed E-state index contributed by atoms with van der Waals surface area (Å²) in [6.07, 6.45) is 1.22. The highest BCUT2D eigenvalue weighted by molar-refractivity contribution is 7.21. The van der Waals surface area contributed by atoms with E-state index in [1.54, 1.807) is 6.92 Å². The number of amides is 1. The predicted molar refractivity (Wildman–Crippen MR) is 103 cm³/mol. The third-order valence-corrected chi connectivity index (χ3v) is 6.19. The fourth-order valence-corrected chi connectivity index (χ4v) is 4.68. The number of aromatic nitrogens is 1. The van der Waals surface area contributed by atoms with Gasteiger partial charge in [0.05, 0.1) is 5.69 Å². The van der Waals surface area contributed by atoms with E-state index in [1.807, 2.05) is 19.1 Å². The van der Waals surface area contributed by atoms with Crippen molar-refractivity contribution in [2.24, 2.45) is 0 Å². The first kappa shape index (κ1) is 17.9. The van der Waals surface area contributed by atoms with Crippen molar-refractivity contribution in [2.75, 3.05) is 5.73 Å². The van der Waals surface area contributed by atoms with Crippen LogP contribution in [0.15, 0.2) is 18.2 Å². The molecule has 0 unspecified atom stereocenters. The highest BCUT2D eigenvalue weighted by atomic mass is 32.1. The number of nitrogens with two attached hydrogens (primary N) is 1. The van der Waals surface area contributed by atoms with Crippen molar-refractivity contribution in [1.82, 2.24) is 10.3 Å². The number of hydrogen-bond donors (Lipinski definition) is 2. The van der Waals surface area contributed by atoms with Crippen LogP contribution in [-0.4, -0.2) is 16.9 Å². The normalized spacial score (nSPS) is 16.4. The van der Waals surface area contributed by atoms with Crippen molar-refractivity contribution >= 4 is 33.1 Å². The minimum Gasteiger partial charge on any atom is -0.397 e. The molecule has 140 valence electrons. The van der Waals surface area contributed by atoms with Crippen LogP contribution in [0.3, 0.4) is 0 Å². The number of carbonyl (C=O) groups is 1. The molecule has 27 heavy (non-hydrogen) atoms. The SMILES string of the molecule is Cc1ccc2c(N)c(C(=O)N[C@@H]3CCc4c(F)c(C)cc(F)c4C3)sc2n1. The molecule has 0 saturated heterocycles. The fourth-order valence-electron chi connectivity index (χ4n) is 3.64. The summed E-state index contributed by atoms with van der Waals surface area (Å²) in [4.78, 5) is 18.3. The Bertz CT molecular complexity index is 1080. The van der Waals surface area contributed by atoms with Gasteiger partial charge in [0.2, 0.25) is 0 Å². The lowest BCUT2D eigenvalue weighted by Gasteiger charge is -2.26. The Hall–Kier alpha value is -2.54. The first-order chi connectivity index (χ1) is 12.8. The molecule has 0 saturated carbocycles. The number of nitrogen functional groups attached to an aromatic ring is 1. The van der Waals surface area contributed by atoms with Crippen LogP contribution in [0.25, 0.3) is 10.2 Å². The van der Waals surface area contributed by atoms with Crippen molar-refractivity contribution in [3.8, 4) is 0 Å². The van der Waals surface area contributed by atoms with E-state index in [0.717, 1.165) is 15.9 Å². The summed E-state index contributed by atoms with van der Waals surface area (Å²) in [5.41, 5.74) is 8.49. The average Bonchev–Trinajstić information content (AvgIpc) is 2.96. The van der Waals surface area contributed by atoms with E-state index < -0.39 is 5.82 Å². The number of rotatable bonds is 2. The topological polar surface area (TPSA) is 68.0 Å². The highest BCUT2D eigenvalue weighted by Gasteiger charge is 2.27. The molecule has 1 aliphatic rings. The number of benzene rings is 1. The quantitative estimate of drug-likeness (QED) is 0.697. The van der Waals surface area contributed by atoms with Gasteiger partial charge in [-0.2, -0.15) is 0 Å². The smallest absolute Gasteiger partial charge is 0.263 e. The standard InChI is InChI=1S/C20H19F2N3OS/c1-9-7-15(21)14-8-11(4-6-12(14)16(9)22)25-19(26)18-17(23)13-5-3-10(2)24-20(13)27-18/h3,5,7,11H,4,6,8,23H2,1-2H3,(H,25,26)/t11-/m1/s1. The summed E-state index contributed by atoms with van der Waals surface area (Å²) in [6.45, 7) is 3.44. The van der Waals surface area contributed by atoms with Gasteiger partial charge in [0, 0.05) is 17.1 Å². The Kier molecular flexibility index (Phi) is 4.34. The van der Waals surface area contributed by atoms with Gasteiger partial charge < -0.3 is 11.1 Å². The maximum atomic E-state index is 14.3. The van der Waals surface area contributed by atoms with Gasteiger partial charge in [-0.1, -0.05) is 0 Å². The summed E-state index contributed by atoms with van der Waals surface area (Å²) >= 11 is 1.25. The van der Waals surface area contributed by atoms with E-state index in [-0.39, 0.29) is 24.2 Å². The average molecular weight is 387 g/mol. The molecule has 4 rings (SSSR count). The van der Waals surface area contributed by atoms with Gasteiger partial charge in [-0.15, -0.1) is 11.3 Å². The van der Waals surface area contributed by atoms with E-state index in [0.29, 0.717) is 40.1 Å². The molecule has 1 aliphatic carbocycles. The minimum atomic E-state index is -0.413. The molecule has 3 aromatic rings. The van der Waals surface area contributed by atoms with Crippen molar-refractivity contribution in [1.29, 1.82) is 0 Å². The zero-order valence-electron chi connectivity index (χ0n) is 15.0. The zero-order valence-corrected chi connectivity index (χ0v) is 15.8. The number of anilines is 1. The minimum absolute atomic E-state index is 0.263. The Labute approximate surface area is 159 Å². The molecule has 1 aromatic carbocycles. The molecule has 0 spiro atoms. The van der Waals surface area contributed by atoms with Crippen molar-refractivity contribution in [2.45, 2.75) is 39.2 Å². The second-order valence-electron chi connectivity index (χ2n) is 7.01. The van der Waals surface area contributed by atoms with Gasteiger partial charge in [-0.3, -0.25) is 4.79 Å². The van der Waals surface area contributed by atoms with Crippen LogP contribution in [0, 0.1) is 25.5 Å². The van der Waals surface area contributed by atoms with E-state index >= 15 is 0 Å². The predicted octanol–water partition coefficient (Wildman–Crippen LogP) is 4.06. The summed E-state index contributed by atoms with van der Waals surface area (Å²) in [6, 6.07) is 4.67. The molecule has 0 radical (unpaired) electrons. The van der Waals surface area contributed by atoms with Crippen molar-refractivity contribution in [3.63, 3.8) is 0 Å². The largest absolute Gasteiger partial charge is 0.397 e. The molecule has 0 bridgehead atoms. The van der Waals surface area contributed by atoms with Gasteiger partial charge in [0.25, 0.3) is 5.91 Å². The maximum absolute atomic E-state index is 14.3. The number of aryl methyl sites for hydroxylation is 2. The van der Waals surface area contributed by atoms with Crippen molar-refractivity contribution < 1.29 is 13.6 Å². The van der Waals surface area contributed by atoms with Crippen LogP contribution in [0.1, 0.15) is 38.5 Å². The monoisotopic (exact) mass is 387 g/mol. The summed E-state index contributed by atoms with van der Waals surface area (Å²) in [5, 5.41) is 3.69. The molecule has 2 heterocycles. The number of pyridine rings is 1. The molecule has 3 N–H and O–H groups in total. The first-order valence-corrected chi connectivity index (χ1v) is 9.59. The molecule has 0 fully saturated rings. The van der Waals surface area contributed by atoms with Crippen LogP contribution in [0.4, 0.5) is 14.5 Å². The first-order valence-electron chi connectivity index (χ1n) is 8.78.